The predicted octanol–water partition coefficient (Wildman–Crippen LogP) is 2.63. The van der Waals surface area contributed by atoms with E-state index in [1.165, 1.54) is 0 Å². The molecular formula is C17H22N4OS. The fourth-order valence-electron chi connectivity index (χ4n) is 2.75. The molecule has 122 valence electrons. The summed E-state index contributed by atoms with van der Waals surface area (Å²) < 4.78 is 0. The number of likely N-dealkylation sites (N-methyl/N-ethyl adjacent to an activating group) is 1. The van der Waals surface area contributed by atoms with Crippen LogP contribution in [0.25, 0.3) is 11.3 Å². The Kier molecular flexibility index (Phi) is 4.93. The first-order chi connectivity index (χ1) is 11.2. The number of piperazine rings is 1. The number of benzene rings is 1. The lowest BCUT2D eigenvalue weighted by molar-refractivity contribution is 0.0643. The maximum Gasteiger partial charge on any atom is 0.253 e. The number of amides is 1. The van der Waals surface area contributed by atoms with Crippen LogP contribution < -0.4 is 5.32 Å². The zero-order valence-corrected chi connectivity index (χ0v) is 14.4. The highest BCUT2D eigenvalue weighted by Crippen LogP contribution is 2.25. The van der Waals surface area contributed by atoms with E-state index < -0.39 is 0 Å². The molecule has 2 aromatic rings. The minimum Gasteiger partial charge on any atom is -0.365 e. The summed E-state index contributed by atoms with van der Waals surface area (Å²) in [6.45, 7) is 6.77. The highest BCUT2D eigenvalue weighted by Gasteiger charge is 2.21. The number of thiazole rings is 1. The van der Waals surface area contributed by atoms with Crippen molar-refractivity contribution in [2.75, 3.05) is 45.1 Å². The van der Waals surface area contributed by atoms with Crippen LogP contribution in [-0.4, -0.2) is 60.5 Å². The average molecular weight is 330 g/mol. The van der Waals surface area contributed by atoms with Gasteiger partial charge in [0, 0.05) is 49.7 Å². The van der Waals surface area contributed by atoms with Crippen LogP contribution in [0.4, 0.5) is 5.13 Å². The quantitative estimate of drug-likeness (QED) is 0.936. The van der Waals surface area contributed by atoms with Crippen molar-refractivity contribution in [2.24, 2.45) is 0 Å². The van der Waals surface area contributed by atoms with E-state index in [0.717, 1.165) is 54.7 Å². The number of hydrogen-bond acceptors (Lipinski definition) is 5. The summed E-state index contributed by atoms with van der Waals surface area (Å²) in [5.74, 6) is 0.126. The van der Waals surface area contributed by atoms with Crippen molar-refractivity contribution < 1.29 is 4.79 Å². The first-order valence-corrected chi connectivity index (χ1v) is 8.84. The molecule has 3 rings (SSSR count). The van der Waals surface area contributed by atoms with Gasteiger partial charge in [-0.25, -0.2) is 4.98 Å². The molecule has 1 saturated heterocycles. The topological polar surface area (TPSA) is 48.5 Å². The van der Waals surface area contributed by atoms with Gasteiger partial charge in [0.15, 0.2) is 5.13 Å². The van der Waals surface area contributed by atoms with Gasteiger partial charge in [-0.1, -0.05) is 19.1 Å². The first kappa shape index (κ1) is 16.0. The molecular weight excluding hydrogens is 308 g/mol. The molecule has 6 heteroatoms. The van der Waals surface area contributed by atoms with Crippen LogP contribution in [0.1, 0.15) is 17.3 Å². The molecule has 1 fully saturated rings. The van der Waals surface area contributed by atoms with Crippen LogP contribution in [0.5, 0.6) is 0 Å². The van der Waals surface area contributed by atoms with E-state index in [9.17, 15) is 4.79 Å². The van der Waals surface area contributed by atoms with Crippen LogP contribution in [0, 0.1) is 0 Å². The maximum atomic E-state index is 12.6. The number of rotatable bonds is 4. The van der Waals surface area contributed by atoms with Crippen LogP contribution in [0.2, 0.25) is 0 Å². The molecule has 1 aliphatic heterocycles. The SMILES string of the molecule is CCN1CCN(C(=O)c2ccc(-c3csc(NC)n3)cc2)CC1. The summed E-state index contributed by atoms with van der Waals surface area (Å²) in [6.07, 6.45) is 0. The van der Waals surface area contributed by atoms with E-state index >= 15 is 0 Å². The molecule has 0 atom stereocenters. The van der Waals surface area contributed by atoms with Gasteiger partial charge < -0.3 is 15.1 Å². The number of carbonyl (C=O) groups is 1. The number of aromatic nitrogens is 1. The van der Waals surface area contributed by atoms with Crippen molar-refractivity contribution in [3.05, 3.63) is 35.2 Å². The van der Waals surface area contributed by atoms with Gasteiger partial charge in [-0.05, 0) is 18.7 Å². The molecule has 1 aromatic heterocycles. The minimum atomic E-state index is 0.126. The second kappa shape index (κ2) is 7.10. The van der Waals surface area contributed by atoms with Crippen LogP contribution >= 0.6 is 11.3 Å². The van der Waals surface area contributed by atoms with Crippen LogP contribution in [-0.2, 0) is 0 Å². The summed E-state index contributed by atoms with van der Waals surface area (Å²) >= 11 is 1.58. The van der Waals surface area contributed by atoms with Gasteiger partial charge in [-0.3, -0.25) is 4.79 Å². The lowest BCUT2D eigenvalue weighted by atomic mass is 10.1. The molecule has 0 radical (unpaired) electrons. The molecule has 1 aromatic carbocycles. The maximum absolute atomic E-state index is 12.6. The highest BCUT2D eigenvalue weighted by atomic mass is 32.1. The van der Waals surface area contributed by atoms with Gasteiger partial charge in [0.25, 0.3) is 5.91 Å². The molecule has 0 aliphatic carbocycles. The molecule has 0 bridgehead atoms. The Bertz CT molecular complexity index is 659. The van der Waals surface area contributed by atoms with E-state index in [1.54, 1.807) is 11.3 Å². The summed E-state index contributed by atoms with van der Waals surface area (Å²) in [5, 5.41) is 5.96. The normalized spacial score (nSPS) is 15.7. The Morgan fingerprint density at radius 2 is 1.91 bits per heavy atom. The lowest BCUT2D eigenvalue weighted by Crippen LogP contribution is -2.48. The van der Waals surface area contributed by atoms with E-state index in [4.69, 9.17) is 0 Å². The molecule has 0 spiro atoms. The number of nitrogens with zero attached hydrogens (tertiary/aromatic N) is 3. The summed E-state index contributed by atoms with van der Waals surface area (Å²) in [4.78, 5) is 21.4. The van der Waals surface area contributed by atoms with Gasteiger partial charge in [-0.2, -0.15) is 0 Å². The Hall–Kier alpha value is -1.92. The van der Waals surface area contributed by atoms with Crippen molar-refractivity contribution in [1.29, 1.82) is 0 Å². The first-order valence-electron chi connectivity index (χ1n) is 7.96. The van der Waals surface area contributed by atoms with Crippen molar-refractivity contribution in [2.45, 2.75) is 6.92 Å². The van der Waals surface area contributed by atoms with Gasteiger partial charge in [0.1, 0.15) is 0 Å². The molecule has 0 saturated carbocycles. The summed E-state index contributed by atoms with van der Waals surface area (Å²) in [7, 11) is 1.86. The van der Waals surface area contributed by atoms with Crippen LogP contribution in [0.3, 0.4) is 0 Å². The monoisotopic (exact) mass is 330 g/mol. The average Bonchev–Trinajstić information content (AvgIpc) is 3.10. The second-order valence-electron chi connectivity index (χ2n) is 5.59. The Morgan fingerprint density at radius 1 is 1.22 bits per heavy atom. The highest BCUT2D eigenvalue weighted by molar-refractivity contribution is 7.14. The van der Waals surface area contributed by atoms with Crippen molar-refractivity contribution in [3.63, 3.8) is 0 Å². The van der Waals surface area contributed by atoms with Crippen molar-refractivity contribution in [1.82, 2.24) is 14.8 Å². The number of carbonyl (C=O) groups excluding carboxylic acids is 1. The van der Waals surface area contributed by atoms with Crippen molar-refractivity contribution in [3.8, 4) is 11.3 Å². The fraction of sp³-hybridized carbons (Fsp3) is 0.412. The van der Waals surface area contributed by atoms with Gasteiger partial charge >= 0.3 is 0 Å². The fourth-order valence-corrected chi connectivity index (χ4v) is 3.44. The minimum absolute atomic E-state index is 0.126. The van der Waals surface area contributed by atoms with E-state index in [-0.39, 0.29) is 5.91 Å². The van der Waals surface area contributed by atoms with Gasteiger partial charge in [0.05, 0.1) is 5.69 Å². The second-order valence-corrected chi connectivity index (χ2v) is 6.45. The Morgan fingerprint density at radius 3 is 2.48 bits per heavy atom. The number of nitrogens with one attached hydrogen (secondary N) is 1. The third-order valence-corrected chi connectivity index (χ3v) is 5.11. The Balaban J connectivity index is 1.68. The summed E-state index contributed by atoms with van der Waals surface area (Å²) in [6, 6.07) is 7.76. The molecule has 5 nitrogen and oxygen atoms in total. The predicted molar refractivity (Wildman–Crippen MR) is 95.1 cm³/mol. The lowest BCUT2D eigenvalue weighted by Gasteiger charge is -2.34. The molecule has 1 amide bonds. The third kappa shape index (κ3) is 3.54. The zero-order valence-electron chi connectivity index (χ0n) is 13.6. The molecule has 1 aliphatic rings. The van der Waals surface area contributed by atoms with E-state index in [2.05, 4.69) is 22.1 Å². The smallest absolute Gasteiger partial charge is 0.253 e. The number of anilines is 1. The Labute approximate surface area is 140 Å². The van der Waals surface area contributed by atoms with Crippen LogP contribution in [0.15, 0.2) is 29.6 Å². The van der Waals surface area contributed by atoms with E-state index in [0.29, 0.717) is 0 Å². The van der Waals surface area contributed by atoms with Gasteiger partial charge in [-0.15, -0.1) is 11.3 Å². The van der Waals surface area contributed by atoms with Gasteiger partial charge in [0.2, 0.25) is 0 Å². The summed E-state index contributed by atoms with van der Waals surface area (Å²) in [5.41, 5.74) is 2.73. The number of hydrogen-bond donors (Lipinski definition) is 1. The largest absolute Gasteiger partial charge is 0.365 e. The van der Waals surface area contributed by atoms with E-state index in [1.807, 2.05) is 41.6 Å². The molecule has 23 heavy (non-hydrogen) atoms. The molecule has 2 heterocycles. The molecule has 1 N–H and O–H groups in total. The third-order valence-electron chi connectivity index (χ3n) is 4.25. The standard InChI is InChI=1S/C17H22N4OS/c1-3-20-8-10-21(11-9-20)16(22)14-6-4-13(5-7-14)15-12-23-17(18-2)19-15/h4-7,12H,3,8-11H2,1-2H3,(H,18,19). The molecule has 0 unspecified atom stereocenters. The van der Waals surface area contributed by atoms with Crippen molar-refractivity contribution >= 4 is 22.4 Å². The zero-order chi connectivity index (χ0) is 16.2.